The summed E-state index contributed by atoms with van der Waals surface area (Å²) in [6.07, 6.45) is 2.02. The van der Waals surface area contributed by atoms with Crippen molar-refractivity contribution in [2.75, 3.05) is 32.6 Å². The van der Waals surface area contributed by atoms with Crippen molar-refractivity contribution in [2.45, 2.75) is 6.42 Å². The number of carbonyl (C=O) groups is 1. The zero-order valence-corrected chi connectivity index (χ0v) is 13.0. The van der Waals surface area contributed by atoms with Crippen LogP contribution in [-0.4, -0.2) is 43.2 Å². The van der Waals surface area contributed by atoms with E-state index in [1.165, 1.54) is 13.2 Å². The summed E-state index contributed by atoms with van der Waals surface area (Å²) in [5.74, 6) is 0. The van der Waals surface area contributed by atoms with Crippen molar-refractivity contribution in [1.82, 2.24) is 4.90 Å². The SMILES string of the molecule is COC(=O)Nc1cc(C2=CCN(C)CC2)c(Cl)c([N+](=O)[O-])c1. The summed E-state index contributed by atoms with van der Waals surface area (Å²) in [4.78, 5) is 24.0. The lowest BCUT2D eigenvalue weighted by Crippen LogP contribution is -2.23. The highest BCUT2D eigenvalue weighted by Gasteiger charge is 2.22. The number of hydrogen-bond acceptors (Lipinski definition) is 5. The summed E-state index contributed by atoms with van der Waals surface area (Å²) in [7, 11) is 3.21. The van der Waals surface area contributed by atoms with E-state index in [2.05, 4.69) is 15.0 Å². The third-order valence-electron chi connectivity index (χ3n) is 3.44. The summed E-state index contributed by atoms with van der Waals surface area (Å²) in [5, 5.41) is 13.7. The van der Waals surface area contributed by atoms with Crippen LogP contribution in [0.2, 0.25) is 5.02 Å². The summed E-state index contributed by atoms with van der Waals surface area (Å²) < 4.78 is 4.51. The van der Waals surface area contributed by atoms with Crippen LogP contribution in [0.5, 0.6) is 0 Å². The second-order valence-electron chi connectivity index (χ2n) is 4.97. The maximum absolute atomic E-state index is 11.3. The number of benzene rings is 1. The number of methoxy groups -OCH3 is 1. The summed E-state index contributed by atoms with van der Waals surface area (Å²) in [6.45, 7) is 1.58. The first-order valence-electron chi connectivity index (χ1n) is 6.63. The molecule has 1 aromatic rings. The minimum absolute atomic E-state index is 0.0798. The number of nitro groups is 1. The van der Waals surface area contributed by atoms with E-state index in [0.29, 0.717) is 5.56 Å². The van der Waals surface area contributed by atoms with Gasteiger partial charge in [0.1, 0.15) is 5.02 Å². The number of amides is 1. The number of likely N-dealkylation sites (N-methyl/N-ethyl adjacent to an activating group) is 1. The van der Waals surface area contributed by atoms with Gasteiger partial charge in [0.25, 0.3) is 5.69 Å². The van der Waals surface area contributed by atoms with Gasteiger partial charge in [-0.25, -0.2) is 4.79 Å². The van der Waals surface area contributed by atoms with Crippen LogP contribution in [0.15, 0.2) is 18.2 Å². The lowest BCUT2D eigenvalue weighted by molar-refractivity contribution is -0.384. The van der Waals surface area contributed by atoms with Gasteiger partial charge in [0.05, 0.1) is 17.7 Å². The van der Waals surface area contributed by atoms with Gasteiger partial charge < -0.3 is 9.64 Å². The molecule has 0 unspecified atom stereocenters. The number of rotatable bonds is 3. The Bertz CT molecular complexity index is 645. The number of ether oxygens (including phenoxy) is 1. The smallest absolute Gasteiger partial charge is 0.411 e. The van der Waals surface area contributed by atoms with Crippen molar-refractivity contribution in [3.05, 3.63) is 38.9 Å². The molecule has 7 nitrogen and oxygen atoms in total. The van der Waals surface area contributed by atoms with Crippen LogP contribution in [0.3, 0.4) is 0 Å². The van der Waals surface area contributed by atoms with E-state index in [1.807, 2.05) is 13.1 Å². The van der Waals surface area contributed by atoms with Crippen LogP contribution in [0.1, 0.15) is 12.0 Å². The molecule has 22 heavy (non-hydrogen) atoms. The zero-order valence-electron chi connectivity index (χ0n) is 12.3. The molecule has 1 aliphatic heterocycles. The first kappa shape index (κ1) is 16.3. The molecule has 0 aromatic heterocycles. The van der Waals surface area contributed by atoms with Crippen molar-refractivity contribution in [3.63, 3.8) is 0 Å². The molecule has 0 bridgehead atoms. The van der Waals surface area contributed by atoms with Gasteiger partial charge >= 0.3 is 6.09 Å². The van der Waals surface area contributed by atoms with Gasteiger partial charge in [-0.2, -0.15) is 0 Å². The number of carbonyl (C=O) groups excluding carboxylic acids is 1. The minimum Gasteiger partial charge on any atom is -0.453 e. The van der Waals surface area contributed by atoms with Crippen molar-refractivity contribution in [1.29, 1.82) is 0 Å². The molecule has 0 atom stereocenters. The fraction of sp³-hybridized carbons (Fsp3) is 0.357. The number of hydrogen-bond donors (Lipinski definition) is 1. The van der Waals surface area contributed by atoms with E-state index in [4.69, 9.17) is 11.6 Å². The highest BCUT2D eigenvalue weighted by molar-refractivity contribution is 6.34. The zero-order chi connectivity index (χ0) is 16.3. The Morgan fingerprint density at radius 1 is 1.50 bits per heavy atom. The van der Waals surface area contributed by atoms with Crippen molar-refractivity contribution in [3.8, 4) is 0 Å². The summed E-state index contributed by atoms with van der Waals surface area (Å²) in [6, 6.07) is 2.85. The quantitative estimate of drug-likeness (QED) is 0.681. The predicted octanol–water partition coefficient (Wildman–Crippen LogP) is 3.15. The predicted molar refractivity (Wildman–Crippen MR) is 84.2 cm³/mol. The fourth-order valence-corrected chi connectivity index (χ4v) is 2.53. The average Bonchev–Trinajstić information content (AvgIpc) is 2.49. The third-order valence-corrected chi connectivity index (χ3v) is 3.84. The van der Waals surface area contributed by atoms with Gasteiger partial charge in [-0.15, -0.1) is 0 Å². The Labute approximate surface area is 132 Å². The van der Waals surface area contributed by atoms with E-state index in [1.54, 1.807) is 6.07 Å². The molecule has 8 heteroatoms. The van der Waals surface area contributed by atoms with Crippen LogP contribution in [0, 0.1) is 10.1 Å². The van der Waals surface area contributed by atoms with Crippen LogP contribution in [0.25, 0.3) is 5.57 Å². The number of halogens is 1. The molecule has 118 valence electrons. The number of anilines is 1. The topological polar surface area (TPSA) is 84.7 Å². The Morgan fingerprint density at radius 2 is 2.23 bits per heavy atom. The van der Waals surface area contributed by atoms with E-state index in [9.17, 15) is 14.9 Å². The van der Waals surface area contributed by atoms with Crippen molar-refractivity contribution in [2.24, 2.45) is 0 Å². The largest absolute Gasteiger partial charge is 0.453 e. The van der Waals surface area contributed by atoms with Crippen LogP contribution < -0.4 is 5.32 Å². The fourth-order valence-electron chi connectivity index (χ4n) is 2.23. The van der Waals surface area contributed by atoms with Gasteiger partial charge in [-0.05, 0) is 25.1 Å². The Kier molecular flexibility index (Phi) is 4.99. The van der Waals surface area contributed by atoms with Crippen molar-refractivity contribution < 1.29 is 14.5 Å². The molecule has 1 aromatic carbocycles. The van der Waals surface area contributed by atoms with Crippen LogP contribution in [-0.2, 0) is 4.74 Å². The molecule has 1 amide bonds. The van der Waals surface area contributed by atoms with E-state index >= 15 is 0 Å². The first-order chi connectivity index (χ1) is 10.4. The van der Waals surface area contributed by atoms with E-state index in [0.717, 1.165) is 25.1 Å². The molecule has 0 aliphatic carbocycles. The van der Waals surface area contributed by atoms with Crippen molar-refractivity contribution >= 4 is 34.6 Å². The first-order valence-corrected chi connectivity index (χ1v) is 7.01. The van der Waals surface area contributed by atoms with Gasteiger partial charge in [0.15, 0.2) is 0 Å². The molecule has 1 aliphatic rings. The highest BCUT2D eigenvalue weighted by Crippen LogP contribution is 2.37. The number of nitrogens with zero attached hydrogens (tertiary/aromatic N) is 2. The van der Waals surface area contributed by atoms with E-state index < -0.39 is 11.0 Å². The molecular weight excluding hydrogens is 310 g/mol. The van der Waals surface area contributed by atoms with Gasteiger partial charge in [-0.3, -0.25) is 15.4 Å². The summed E-state index contributed by atoms with van der Waals surface area (Å²) in [5.41, 5.74) is 1.53. The highest BCUT2D eigenvalue weighted by atomic mass is 35.5. The molecule has 1 heterocycles. The molecular formula is C14H16ClN3O4. The van der Waals surface area contributed by atoms with Crippen LogP contribution >= 0.6 is 11.6 Å². The maximum Gasteiger partial charge on any atom is 0.411 e. The minimum atomic E-state index is -0.695. The Hall–Kier alpha value is -2.12. The molecule has 0 radical (unpaired) electrons. The normalized spacial score (nSPS) is 15.1. The molecule has 0 saturated heterocycles. The lowest BCUT2D eigenvalue weighted by Gasteiger charge is -2.22. The van der Waals surface area contributed by atoms with Crippen LogP contribution in [0.4, 0.5) is 16.2 Å². The second kappa shape index (κ2) is 6.76. The number of nitrogens with one attached hydrogen (secondary N) is 1. The monoisotopic (exact) mass is 325 g/mol. The Morgan fingerprint density at radius 3 is 2.77 bits per heavy atom. The maximum atomic E-state index is 11.3. The van der Waals surface area contributed by atoms with Gasteiger partial charge in [-0.1, -0.05) is 17.7 Å². The molecule has 0 saturated carbocycles. The summed E-state index contributed by atoms with van der Waals surface area (Å²) >= 11 is 6.18. The molecule has 2 rings (SSSR count). The molecule has 1 N–H and O–H groups in total. The van der Waals surface area contributed by atoms with Gasteiger partial charge in [0.2, 0.25) is 0 Å². The second-order valence-corrected chi connectivity index (χ2v) is 5.35. The Balaban J connectivity index is 2.47. The standard InChI is InChI=1S/C14H16ClN3O4/c1-17-5-3-9(4-6-17)11-7-10(16-14(19)22-2)8-12(13(11)15)18(20)21/h3,7-8H,4-6H2,1-2H3,(H,16,19). The lowest BCUT2D eigenvalue weighted by atomic mass is 9.98. The molecule has 0 fully saturated rings. The van der Waals surface area contributed by atoms with E-state index in [-0.39, 0.29) is 16.4 Å². The van der Waals surface area contributed by atoms with Gasteiger partial charge in [0, 0.05) is 24.7 Å². The molecule has 0 spiro atoms. The third kappa shape index (κ3) is 3.55. The number of nitro benzene ring substituents is 1. The average molecular weight is 326 g/mol.